The molecule has 1 saturated heterocycles. The summed E-state index contributed by atoms with van der Waals surface area (Å²) in [6, 6.07) is 20.6. The lowest BCUT2D eigenvalue weighted by Crippen LogP contribution is -2.67. The second-order valence-electron chi connectivity index (χ2n) is 9.37. The van der Waals surface area contributed by atoms with Gasteiger partial charge in [-0.1, -0.05) is 93.0 Å². The van der Waals surface area contributed by atoms with Crippen LogP contribution in [0.1, 0.15) is 32.6 Å². The van der Waals surface area contributed by atoms with Crippen LogP contribution in [-0.4, -0.2) is 37.4 Å². The summed E-state index contributed by atoms with van der Waals surface area (Å²) >= 11 is 5.62. The van der Waals surface area contributed by atoms with Crippen molar-refractivity contribution in [2.75, 3.05) is 13.2 Å². The van der Waals surface area contributed by atoms with E-state index in [1.54, 1.807) is 0 Å². The molecule has 0 amide bonds. The molecule has 2 heterocycles. The van der Waals surface area contributed by atoms with E-state index in [0.717, 1.165) is 10.4 Å². The zero-order valence-corrected chi connectivity index (χ0v) is 21.7. The summed E-state index contributed by atoms with van der Waals surface area (Å²) in [4.78, 5) is 26.7. The lowest BCUT2D eigenvalue weighted by Gasteiger charge is -2.43. The van der Waals surface area contributed by atoms with Crippen molar-refractivity contribution < 1.29 is 13.9 Å². The van der Waals surface area contributed by atoms with E-state index in [4.69, 9.17) is 25.5 Å². The molecule has 1 N–H and O–H groups in total. The Balaban J connectivity index is 1.61. The van der Waals surface area contributed by atoms with Crippen LogP contribution >= 0.6 is 11.6 Å². The number of ether oxygens (including phenoxy) is 2. The Morgan fingerprint density at radius 3 is 2.23 bits per heavy atom. The largest absolute Gasteiger partial charge is 0.402 e. The minimum atomic E-state index is -2.76. The highest BCUT2D eigenvalue weighted by Crippen LogP contribution is 2.37. The number of nitrogens with zero attached hydrogens (tertiary/aromatic N) is 1. The van der Waals surface area contributed by atoms with E-state index in [2.05, 4.69) is 50.0 Å². The predicted molar refractivity (Wildman–Crippen MR) is 140 cm³/mol. The van der Waals surface area contributed by atoms with Crippen LogP contribution in [0, 0.1) is 0 Å². The molecule has 0 unspecified atom stereocenters. The molecule has 0 aliphatic carbocycles. The number of aromatic nitrogens is 2. The summed E-state index contributed by atoms with van der Waals surface area (Å²) in [6.45, 7) is 6.93. The van der Waals surface area contributed by atoms with E-state index in [9.17, 15) is 9.59 Å². The van der Waals surface area contributed by atoms with Gasteiger partial charge in [-0.3, -0.25) is 14.3 Å². The summed E-state index contributed by atoms with van der Waals surface area (Å²) < 4.78 is 20.1. The maximum absolute atomic E-state index is 12.4. The molecular weight excluding hydrogens is 484 g/mol. The summed E-state index contributed by atoms with van der Waals surface area (Å²) in [5.74, 6) is 0. The molecule has 7 nitrogen and oxygen atoms in total. The minimum absolute atomic E-state index is 0.144. The summed E-state index contributed by atoms with van der Waals surface area (Å²) in [6.07, 6.45) is 1.46. The standard InChI is InChI=1S/C26H29ClN2O5Si/c1-26(2,3)35(20-10-6-4-7-11-20,21-12-8-5-9-13-21)33-18-23-32-17-22(34-23)29-16-19(14-15-27)24(30)28-25(29)31/h4-16,22-23H,17-18H2,1-3H3,(H,28,30,31)/b15-14+/t22-,23-/m0/s1. The van der Waals surface area contributed by atoms with Crippen LogP contribution in [-0.2, 0) is 13.9 Å². The summed E-state index contributed by atoms with van der Waals surface area (Å²) in [5.41, 5.74) is 0.360. The third-order valence-corrected chi connectivity index (χ3v) is 11.3. The van der Waals surface area contributed by atoms with Gasteiger partial charge >= 0.3 is 5.69 Å². The summed E-state index contributed by atoms with van der Waals surface area (Å²) in [5, 5.41) is 2.12. The monoisotopic (exact) mass is 512 g/mol. The van der Waals surface area contributed by atoms with Gasteiger partial charge in [0, 0.05) is 11.7 Å². The van der Waals surface area contributed by atoms with E-state index in [1.807, 2.05) is 36.4 Å². The van der Waals surface area contributed by atoms with E-state index >= 15 is 0 Å². The van der Waals surface area contributed by atoms with Gasteiger partial charge < -0.3 is 13.9 Å². The zero-order valence-electron chi connectivity index (χ0n) is 19.9. The van der Waals surface area contributed by atoms with Crippen molar-refractivity contribution in [3.63, 3.8) is 0 Å². The molecule has 0 saturated carbocycles. The normalized spacial score (nSPS) is 18.9. The highest BCUT2D eigenvalue weighted by molar-refractivity contribution is 6.99. The molecule has 35 heavy (non-hydrogen) atoms. The molecule has 0 radical (unpaired) electrons. The van der Waals surface area contributed by atoms with E-state index in [0.29, 0.717) is 0 Å². The number of benzene rings is 2. The topological polar surface area (TPSA) is 82.5 Å². The number of halogens is 1. The van der Waals surface area contributed by atoms with Gasteiger partial charge in [0.05, 0.1) is 18.8 Å². The number of hydrogen-bond donors (Lipinski definition) is 1. The van der Waals surface area contributed by atoms with Crippen LogP contribution in [0.3, 0.4) is 0 Å². The molecule has 184 valence electrons. The summed E-state index contributed by atoms with van der Waals surface area (Å²) in [7, 11) is -2.76. The molecule has 3 aromatic rings. The molecule has 1 aromatic heterocycles. The molecule has 0 bridgehead atoms. The zero-order chi connectivity index (χ0) is 25.1. The van der Waals surface area contributed by atoms with Crippen LogP contribution in [0.15, 0.2) is 82.0 Å². The van der Waals surface area contributed by atoms with Gasteiger partial charge in [0.25, 0.3) is 13.9 Å². The van der Waals surface area contributed by atoms with Crippen molar-refractivity contribution in [3.05, 3.63) is 98.8 Å². The van der Waals surface area contributed by atoms with E-state index < -0.39 is 32.1 Å². The molecule has 2 aromatic carbocycles. The fraction of sp³-hybridized carbons (Fsp3) is 0.308. The predicted octanol–water partition coefficient (Wildman–Crippen LogP) is 3.19. The first-order valence-corrected chi connectivity index (χ1v) is 13.7. The second-order valence-corrected chi connectivity index (χ2v) is 13.9. The van der Waals surface area contributed by atoms with Crippen LogP contribution in [0.5, 0.6) is 0 Å². The van der Waals surface area contributed by atoms with Crippen LogP contribution in [0.2, 0.25) is 5.04 Å². The van der Waals surface area contributed by atoms with Gasteiger partial charge in [0.2, 0.25) is 0 Å². The van der Waals surface area contributed by atoms with Crippen LogP contribution < -0.4 is 21.6 Å². The van der Waals surface area contributed by atoms with Crippen molar-refractivity contribution in [2.45, 2.75) is 38.3 Å². The Morgan fingerprint density at radius 2 is 1.69 bits per heavy atom. The minimum Gasteiger partial charge on any atom is -0.402 e. The van der Waals surface area contributed by atoms with Crippen molar-refractivity contribution >= 4 is 36.4 Å². The highest BCUT2D eigenvalue weighted by atomic mass is 35.5. The molecule has 1 fully saturated rings. The maximum atomic E-state index is 12.4. The maximum Gasteiger partial charge on any atom is 0.330 e. The number of aromatic amines is 1. The molecule has 0 spiro atoms. The van der Waals surface area contributed by atoms with Crippen molar-refractivity contribution in [2.24, 2.45) is 0 Å². The van der Waals surface area contributed by atoms with Gasteiger partial charge in [-0.05, 0) is 21.5 Å². The van der Waals surface area contributed by atoms with Crippen LogP contribution in [0.4, 0.5) is 0 Å². The first kappa shape index (κ1) is 25.3. The molecule has 2 atom stereocenters. The first-order valence-electron chi connectivity index (χ1n) is 11.4. The van der Waals surface area contributed by atoms with Gasteiger partial charge in [-0.25, -0.2) is 4.79 Å². The third-order valence-electron chi connectivity index (χ3n) is 6.13. The van der Waals surface area contributed by atoms with E-state index in [1.165, 1.54) is 22.4 Å². The SMILES string of the molecule is CC(C)(C)[Si](OC[C@H]1OC[C@@H](n2cc(/C=C/Cl)c(=O)[nH]c2=O)O1)(c1ccccc1)c1ccccc1. The number of nitrogens with one attached hydrogen (secondary N) is 1. The van der Waals surface area contributed by atoms with Gasteiger partial charge in [0.15, 0.2) is 12.5 Å². The molecule has 9 heteroatoms. The highest BCUT2D eigenvalue weighted by Gasteiger charge is 2.50. The number of rotatable bonds is 7. The Hall–Kier alpha value is -2.75. The average molecular weight is 513 g/mol. The van der Waals surface area contributed by atoms with Crippen molar-refractivity contribution in [3.8, 4) is 0 Å². The fourth-order valence-electron chi connectivity index (χ4n) is 4.53. The van der Waals surface area contributed by atoms with Gasteiger partial charge in [-0.15, -0.1) is 0 Å². The van der Waals surface area contributed by atoms with Crippen LogP contribution in [0.25, 0.3) is 6.08 Å². The van der Waals surface area contributed by atoms with Crippen molar-refractivity contribution in [1.29, 1.82) is 0 Å². The number of H-pyrrole nitrogens is 1. The first-order chi connectivity index (χ1) is 16.8. The van der Waals surface area contributed by atoms with Gasteiger partial charge in [0.1, 0.15) is 0 Å². The fourth-order valence-corrected chi connectivity index (χ4v) is 9.21. The number of hydrogen-bond acceptors (Lipinski definition) is 5. The average Bonchev–Trinajstić information content (AvgIpc) is 3.30. The quantitative estimate of drug-likeness (QED) is 0.492. The molecular formula is C26H29ClN2O5Si. The molecule has 1 aliphatic rings. The van der Waals surface area contributed by atoms with Gasteiger partial charge in [-0.2, -0.15) is 0 Å². The Labute approximate surface area is 210 Å². The van der Waals surface area contributed by atoms with E-state index in [-0.39, 0.29) is 23.8 Å². The smallest absolute Gasteiger partial charge is 0.330 e. The lowest BCUT2D eigenvalue weighted by atomic mass is 10.2. The lowest BCUT2D eigenvalue weighted by molar-refractivity contribution is -0.0956. The Kier molecular flexibility index (Phi) is 7.58. The molecule has 4 rings (SSSR count). The Bertz CT molecular complexity index is 1250. The molecule has 1 aliphatic heterocycles. The van der Waals surface area contributed by atoms with Crippen molar-refractivity contribution in [1.82, 2.24) is 9.55 Å². The second kappa shape index (κ2) is 10.5. The third kappa shape index (κ3) is 5.12. The Morgan fingerprint density at radius 1 is 1.09 bits per heavy atom.